The molecule has 7 heteroatoms. The molecule has 25 heavy (non-hydrogen) atoms. The van der Waals surface area contributed by atoms with E-state index in [0.717, 1.165) is 10.4 Å². The summed E-state index contributed by atoms with van der Waals surface area (Å²) in [5, 5.41) is 9.47. The van der Waals surface area contributed by atoms with Crippen LogP contribution in [-0.2, 0) is 6.67 Å². The molecule has 1 unspecified atom stereocenters. The maximum Gasteiger partial charge on any atom is 0.438 e. The molecular formula is C18H20FN3O2S. The summed E-state index contributed by atoms with van der Waals surface area (Å²) in [7, 11) is 0. The zero-order chi connectivity index (χ0) is 18.0. The normalized spacial score (nSPS) is 13.1. The van der Waals surface area contributed by atoms with Gasteiger partial charge in [-0.1, -0.05) is 39.0 Å². The Morgan fingerprint density at radius 1 is 1.28 bits per heavy atom. The molecule has 3 rings (SSSR count). The quantitative estimate of drug-likeness (QED) is 0.745. The minimum absolute atomic E-state index is 0.0816. The lowest BCUT2D eigenvalue weighted by Crippen LogP contribution is -2.36. The number of hydrogen-bond acceptors (Lipinski definition) is 5. The number of benzene rings is 1. The number of nitrogens with one attached hydrogen (secondary N) is 1. The molecule has 0 radical (unpaired) electrons. The molecule has 0 saturated heterocycles. The first-order chi connectivity index (χ1) is 11.8. The Morgan fingerprint density at radius 3 is 2.60 bits per heavy atom. The highest BCUT2D eigenvalue weighted by Crippen LogP contribution is 2.32. The van der Waals surface area contributed by atoms with Crippen molar-refractivity contribution in [3.8, 4) is 10.8 Å². The smallest absolute Gasteiger partial charge is 0.387 e. The van der Waals surface area contributed by atoms with Gasteiger partial charge in [-0.15, -0.1) is 16.4 Å². The van der Waals surface area contributed by atoms with Gasteiger partial charge in [0.2, 0.25) is 0 Å². The van der Waals surface area contributed by atoms with E-state index in [1.165, 1.54) is 28.2 Å². The van der Waals surface area contributed by atoms with Gasteiger partial charge < -0.3 is 4.42 Å². The van der Waals surface area contributed by atoms with Crippen LogP contribution in [0.5, 0.6) is 0 Å². The van der Waals surface area contributed by atoms with E-state index in [1.54, 1.807) is 12.1 Å². The molecule has 0 aliphatic carbocycles. The van der Waals surface area contributed by atoms with E-state index in [0.29, 0.717) is 5.89 Å². The summed E-state index contributed by atoms with van der Waals surface area (Å²) in [6, 6.07) is 10.0. The first-order valence-electron chi connectivity index (χ1n) is 7.95. The van der Waals surface area contributed by atoms with Crippen LogP contribution in [0.1, 0.15) is 32.4 Å². The molecule has 0 spiro atoms. The van der Waals surface area contributed by atoms with Crippen LogP contribution >= 0.6 is 11.3 Å². The summed E-state index contributed by atoms with van der Waals surface area (Å²) in [4.78, 5) is 12.8. The average molecular weight is 361 g/mol. The highest BCUT2D eigenvalue weighted by molar-refractivity contribution is 7.13. The second-order valence-corrected chi connectivity index (χ2v) is 7.81. The molecule has 0 amide bonds. The molecular weight excluding hydrogens is 341 g/mol. The van der Waals surface area contributed by atoms with Crippen molar-refractivity contribution in [1.29, 1.82) is 0 Å². The Hall–Kier alpha value is -2.25. The van der Waals surface area contributed by atoms with Crippen LogP contribution in [0.2, 0.25) is 0 Å². The molecule has 0 aliphatic rings. The van der Waals surface area contributed by atoms with E-state index < -0.39 is 5.76 Å². The van der Waals surface area contributed by atoms with Crippen molar-refractivity contribution in [3.05, 3.63) is 63.7 Å². The highest BCUT2D eigenvalue weighted by Gasteiger charge is 2.26. The lowest BCUT2D eigenvalue weighted by Gasteiger charge is -2.32. The molecule has 0 fully saturated rings. The van der Waals surface area contributed by atoms with E-state index in [-0.39, 0.29) is 23.9 Å². The monoisotopic (exact) mass is 361 g/mol. The highest BCUT2D eigenvalue weighted by atomic mass is 32.1. The minimum atomic E-state index is -0.511. The number of halogens is 1. The molecule has 132 valence electrons. The number of thiophene rings is 1. The Labute approximate surface area is 149 Å². The van der Waals surface area contributed by atoms with Crippen LogP contribution in [-0.4, -0.2) is 9.78 Å². The molecule has 3 aromatic rings. The van der Waals surface area contributed by atoms with Gasteiger partial charge in [-0.05, 0) is 34.6 Å². The average Bonchev–Trinajstić information content (AvgIpc) is 3.18. The van der Waals surface area contributed by atoms with Crippen LogP contribution in [0.4, 0.5) is 4.39 Å². The largest absolute Gasteiger partial charge is 0.438 e. The second-order valence-electron chi connectivity index (χ2n) is 6.86. The van der Waals surface area contributed by atoms with Crippen molar-refractivity contribution < 1.29 is 8.81 Å². The van der Waals surface area contributed by atoms with Gasteiger partial charge in [-0.2, -0.15) is 4.68 Å². The third kappa shape index (κ3) is 4.05. The zero-order valence-corrected chi connectivity index (χ0v) is 15.1. The fraction of sp³-hybridized carbons (Fsp3) is 0.333. The maximum atomic E-state index is 13.2. The van der Waals surface area contributed by atoms with E-state index in [4.69, 9.17) is 4.42 Å². The van der Waals surface area contributed by atoms with Crippen LogP contribution in [0, 0.1) is 11.2 Å². The van der Waals surface area contributed by atoms with Crippen LogP contribution in [0.25, 0.3) is 10.8 Å². The Balaban J connectivity index is 1.80. The summed E-state index contributed by atoms with van der Waals surface area (Å²) in [6.07, 6.45) is 0. The van der Waals surface area contributed by atoms with Crippen LogP contribution < -0.4 is 11.1 Å². The predicted molar refractivity (Wildman–Crippen MR) is 95.8 cm³/mol. The van der Waals surface area contributed by atoms with E-state index in [1.807, 2.05) is 17.5 Å². The minimum Gasteiger partial charge on any atom is -0.387 e. The second kappa shape index (κ2) is 6.93. The lowest BCUT2D eigenvalue weighted by molar-refractivity contribution is 0.248. The first kappa shape index (κ1) is 17.6. The van der Waals surface area contributed by atoms with Gasteiger partial charge in [-0.3, -0.25) is 5.32 Å². The Morgan fingerprint density at radius 2 is 2.00 bits per heavy atom. The number of hydrogen-bond donors (Lipinski definition) is 1. The van der Waals surface area contributed by atoms with E-state index in [2.05, 4.69) is 31.2 Å². The zero-order valence-electron chi connectivity index (χ0n) is 14.3. The summed E-state index contributed by atoms with van der Waals surface area (Å²) in [5.41, 5.74) is 0.811. The molecule has 0 aliphatic heterocycles. The lowest BCUT2D eigenvalue weighted by atomic mass is 9.82. The van der Waals surface area contributed by atoms with Crippen molar-refractivity contribution in [1.82, 2.24) is 15.1 Å². The Bertz CT molecular complexity index is 876. The van der Waals surface area contributed by atoms with Gasteiger partial charge in [0, 0.05) is 6.04 Å². The first-order valence-corrected chi connectivity index (χ1v) is 8.83. The van der Waals surface area contributed by atoms with Crippen molar-refractivity contribution in [3.63, 3.8) is 0 Å². The van der Waals surface area contributed by atoms with Gasteiger partial charge in [0.25, 0.3) is 5.89 Å². The maximum absolute atomic E-state index is 13.2. The topological polar surface area (TPSA) is 60.1 Å². The van der Waals surface area contributed by atoms with Gasteiger partial charge in [-0.25, -0.2) is 9.18 Å². The molecule has 0 bridgehead atoms. The summed E-state index contributed by atoms with van der Waals surface area (Å²) >= 11 is 1.46. The van der Waals surface area contributed by atoms with Gasteiger partial charge in [0.05, 0.1) is 11.5 Å². The number of nitrogens with zero attached hydrogens (tertiary/aromatic N) is 2. The predicted octanol–water partition coefficient (Wildman–Crippen LogP) is 4.04. The van der Waals surface area contributed by atoms with Crippen molar-refractivity contribution in [2.45, 2.75) is 33.5 Å². The van der Waals surface area contributed by atoms with Gasteiger partial charge in [0.1, 0.15) is 5.82 Å². The number of rotatable bonds is 5. The van der Waals surface area contributed by atoms with E-state index in [9.17, 15) is 9.18 Å². The van der Waals surface area contributed by atoms with Crippen molar-refractivity contribution in [2.75, 3.05) is 0 Å². The van der Waals surface area contributed by atoms with E-state index >= 15 is 0 Å². The number of aromatic nitrogens is 2. The molecule has 0 saturated carbocycles. The summed E-state index contributed by atoms with van der Waals surface area (Å²) < 4.78 is 19.7. The van der Waals surface area contributed by atoms with Crippen LogP contribution in [0.3, 0.4) is 0 Å². The molecule has 1 N–H and O–H groups in total. The molecule has 5 nitrogen and oxygen atoms in total. The molecule has 2 aromatic heterocycles. The van der Waals surface area contributed by atoms with Crippen molar-refractivity contribution in [2.24, 2.45) is 5.41 Å². The third-order valence-corrected chi connectivity index (χ3v) is 4.71. The molecule has 2 heterocycles. The fourth-order valence-electron chi connectivity index (χ4n) is 2.66. The van der Waals surface area contributed by atoms with Gasteiger partial charge in [0.15, 0.2) is 0 Å². The SMILES string of the molecule is CC(C)(C)C(NCn1nc(-c2cccs2)oc1=O)c1ccc(F)cc1. The fourth-order valence-corrected chi connectivity index (χ4v) is 3.31. The summed E-state index contributed by atoms with van der Waals surface area (Å²) in [5.74, 6) is -0.469. The summed E-state index contributed by atoms with van der Waals surface area (Å²) in [6.45, 7) is 6.44. The molecule has 1 aromatic carbocycles. The Kier molecular flexibility index (Phi) is 4.87. The van der Waals surface area contributed by atoms with Crippen LogP contribution in [0.15, 0.2) is 51.0 Å². The third-order valence-electron chi connectivity index (χ3n) is 3.85. The molecule has 1 atom stereocenters. The standard InChI is InChI=1S/C18H20FN3O2S/c1-18(2,3)15(12-6-8-13(19)9-7-12)20-11-22-17(23)24-16(21-22)14-5-4-10-25-14/h4-10,15,20H,11H2,1-3H3. The van der Waals surface area contributed by atoms with Crippen molar-refractivity contribution >= 4 is 11.3 Å². The van der Waals surface area contributed by atoms with Gasteiger partial charge >= 0.3 is 5.76 Å².